The number of aromatic nitrogens is 2. The maximum absolute atomic E-state index is 5.11. The van der Waals surface area contributed by atoms with E-state index in [4.69, 9.17) is 4.74 Å². The van der Waals surface area contributed by atoms with Crippen LogP contribution >= 0.6 is 0 Å². The van der Waals surface area contributed by atoms with Gasteiger partial charge in [0.2, 0.25) is 0 Å². The van der Waals surface area contributed by atoms with Gasteiger partial charge in [-0.3, -0.25) is 0 Å². The summed E-state index contributed by atoms with van der Waals surface area (Å²) in [5, 5.41) is 3.47. The van der Waals surface area contributed by atoms with Crippen LogP contribution in [0.15, 0.2) is 12.4 Å². The van der Waals surface area contributed by atoms with Gasteiger partial charge in [0.05, 0.1) is 0 Å². The Morgan fingerprint density at radius 3 is 3.05 bits per heavy atom. The molecule has 1 aromatic heterocycles. The number of hydrogen-bond acceptors (Lipinski definition) is 5. The Morgan fingerprint density at radius 1 is 1.43 bits per heavy atom. The molecule has 118 valence electrons. The molecule has 1 aliphatic heterocycles. The zero-order valence-electron chi connectivity index (χ0n) is 13.5. The van der Waals surface area contributed by atoms with Crippen molar-refractivity contribution in [2.45, 2.75) is 32.6 Å². The molecule has 0 aromatic carbocycles. The second kappa shape index (κ2) is 8.29. The van der Waals surface area contributed by atoms with Crippen molar-refractivity contribution < 1.29 is 4.74 Å². The topological polar surface area (TPSA) is 50.3 Å². The van der Waals surface area contributed by atoms with Gasteiger partial charge < -0.3 is 15.0 Å². The molecule has 0 aliphatic carbocycles. The molecular weight excluding hydrogens is 264 g/mol. The fraction of sp³-hybridized carbons (Fsp3) is 0.750. The van der Waals surface area contributed by atoms with Gasteiger partial charge >= 0.3 is 0 Å². The van der Waals surface area contributed by atoms with E-state index in [1.807, 2.05) is 0 Å². The Kier molecular flexibility index (Phi) is 6.39. The molecule has 5 nitrogen and oxygen atoms in total. The predicted molar refractivity (Wildman–Crippen MR) is 85.7 cm³/mol. The summed E-state index contributed by atoms with van der Waals surface area (Å²) in [6.45, 7) is 9.70. The number of ether oxygens (including phenoxy) is 1. The van der Waals surface area contributed by atoms with Gasteiger partial charge in [-0.05, 0) is 31.2 Å². The number of likely N-dealkylation sites (tertiary alicyclic amines) is 1. The number of methoxy groups -OCH3 is 1. The van der Waals surface area contributed by atoms with Crippen LogP contribution < -0.4 is 5.32 Å². The maximum atomic E-state index is 5.11. The maximum Gasteiger partial charge on any atom is 0.129 e. The van der Waals surface area contributed by atoms with Crippen molar-refractivity contribution in [3.05, 3.63) is 18.1 Å². The van der Waals surface area contributed by atoms with Gasteiger partial charge in [-0.2, -0.15) is 0 Å². The highest BCUT2D eigenvalue weighted by Crippen LogP contribution is 2.18. The van der Waals surface area contributed by atoms with Gasteiger partial charge in [-0.1, -0.05) is 13.8 Å². The zero-order chi connectivity index (χ0) is 15.1. The standard InChI is InChI=1S/C16H28N4O/c1-13(2)15-9-16(19-12-18-15)17-10-14-5-7-20(11-14)6-4-8-21-3/h9,12-14H,4-8,10-11H2,1-3H3,(H,17,18,19)/t14-/m1/s1. The van der Waals surface area contributed by atoms with Crippen LogP contribution in [-0.2, 0) is 4.74 Å². The monoisotopic (exact) mass is 292 g/mol. The van der Waals surface area contributed by atoms with Crippen LogP contribution in [0, 0.1) is 5.92 Å². The summed E-state index contributed by atoms with van der Waals surface area (Å²) in [6, 6.07) is 2.07. The summed E-state index contributed by atoms with van der Waals surface area (Å²) in [7, 11) is 1.77. The van der Waals surface area contributed by atoms with Crippen LogP contribution in [-0.4, -0.2) is 54.8 Å². The fourth-order valence-electron chi connectivity index (χ4n) is 2.75. The highest BCUT2D eigenvalue weighted by molar-refractivity contribution is 5.35. The summed E-state index contributed by atoms with van der Waals surface area (Å²) in [6.07, 6.45) is 4.05. The van der Waals surface area contributed by atoms with Crippen molar-refractivity contribution in [3.63, 3.8) is 0 Å². The molecule has 0 radical (unpaired) electrons. The molecule has 2 heterocycles. The molecule has 21 heavy (non-hydrogen) atoms. The molecule has 0 spiro atoms. The van der Waals surface area contributed by atoms with E-state index in [0.717, 1.165) is 37.6 Å². The van der Waals surface area contributed by atoms with Gasteiger partial charge in [0.25, 0.3) is 0 Å². The second-order valence-electron chi connectivity index (χ2n) is 6.17. The first-order chi connectivity index (χ1) is 10.2. The van der Waals surface area contributed by atoms with Crippen molar-refractivity contribution in [1.82, 2.24) is 14.9 Å². The molecule has 0 amide bonds. The molecule has 1 aromatic rings. The Hall–Kier alpha value is -1.20. The van der Waals surface area contributed by atoms with E-state index >= 15 is 0 Å². The van der Waals surface area contributed by atoms with E-state index in [9.17, 15) is 0 Å². The third kappa shape index (κ3) is 5.25. The van der Waals surface area contributed by atoms with Gasteiger partial charge in [-0.25, -0.2) is 9.97 Å². The van der Waals surface area contributed by atoms with E-state index in [2.05, 4.69) is 40.1 Å². The number of nitrogens with one attached hydrogen (secondary N) is 1. The van der Waals surface area contributed by atoms with Crippen molar-refractivity contribution in [2.24, 2.45) is 5.92 Å². The van der Waals surface area contributed by atoms with Crippen LogP contribution in [0.1, 0.15) is 38.3 Å². The van der Waals surface area contributed by atoms with Gasteiger partial charge in [0.1, 0.15) is 12.1 Å². The molecule has 0 saturated carbocycles. The molecule has 1 saturated heterocycles. The number of rotatable bonds is 8. The lowest BCUT2D eigenvalue weighted by molar-refractivity contribution is 0.178. The smallest absolute Gasteiger partial charge is 0.129 e. The highest BCUT2D eigenvalue weighted by atomic mass is 16.5. The van der Waals surface area contributed by atoms with Crippen LogP contribution in [0.5, 0.6) is 0 Å². The average molecular weight is 292 g/mol. The van der Waals surface area contributed by atoms with Crippen LogP contribution in [0.2, 0.25) is 0 Å². The lowest BCUT2D eigenvalue weighted by Gasteiger charge is -2.16. The largest absolute Gasteiger partial charge is 0.385 e. The highest BCUT2D eigenvalue weighted by Gasteiger charge is 2.21. The van der Waals surface area contributed by atoms with Crippen molar-refractivity contribution in [2.75, 3.05) is 45.2 Å². The van der Waals surface area contributed by atoms with Crippen LogP contribution in [0.25, 0.3) is 0 Å². The molecule has 1 atom stereocenters. The minimum Gasteiger partial charge on any atom is -0.385 e. The first kappa shape index (κ1) is 16.2. The normalized spacial score (nSPS) is 19.3. The van der Waals surface area contributed by atoms with Gasteiger partial charge in [0.15, 0.2) is 0 Å². The molecule has 0 unspecified atom stereocenters. The van der Waals surface area contributed by atoms with E-state index in [1.54, 1.807) is 13.4 Å². The number of anilines is 1. The fourth-order valence-corrected chi connectivity index (χ4v) is 2.75. The van der Waals surface area contributed by atoms with Crippen LogP contribution in [0.4, 0.5) is 5.82 Å². The van der Waals surface area contributed by atoms with Crippen molar-refractivity contribution >= 4 is 5.82 Å². The van der Waals surface area contributed by atoms with Crippen LogP contribution in [0.3, 0.4) is 0 Å². The quantitative estimate of drug-likeness (QED) is 0.746. The third-order valence-electron chi connectivity index (χ3n) is 4.04. The number of hydrogen-bond donors (Lipinski definition) is 1. The summed E-state index contributed by atoms with van der Waals surface area (Å²) >= 11 is 0. The van der Waals surface area contributed by atoms with E-state index in [1.165, 1.54) is 19.5 Å². The first-order valence-corrected chi connectivity index (χ1v) is 7.96. The number of nitrogens with zero attached hydrogens (tertiary/aromatic N) is 3. The Bertz CT molecular complexity index is 424. The molecule has 5 heteroatoms. The molecule has 2 rings (SSSR count). The SMILES string of the molecule is COCCCN1CC[C@H](CNc2cc(C(C)C)ncn2)C1. The molecule has 0 bridgehead atoms. The second-order valence-corrected chi connectivity index (χ2v) is 6.17. The molecule has 1 N–H and O–H groups in total. The molecule has 1 fully saturated rings. The van der Waals surface area contributed by atoms with E-state index in [0.29, 0.717) is 11.8 Å². The van der Waals surface area contributed by atoms with Crippen molar-refractivity contribution in [1.29, 1.82) is 0 Å². The predicted octanol–water partition coefficient (Wildman–Crippen LogP) is 2.37. The third-order valence-corrected chi connectivity index (χ3v) is 4.04. The lowest BCUT2D eigenvalue weighted by atomic mass is 10.1. The molecule has 1 aliphatic rings. The summed E-state index contributed by atoms with van der Waals surface area (Å²) in [5.41, 5.74) is 1.10. The minimum atomic E-state index is 0.441. The first-order valence-electron chi connectivity index (χ1n) is 7.96. The van der Waals surface area contributed by atoms with E-state index < -0.39 is 0 Å². The summed E-state index contributed by atoms with van der Waals surface area (Å²) in [5.74, 6) is 2.10. The lowest BCUT2D eigenvalue weighted by Crippen LogP contribution is -2.24. The average Bonchev–Trinajstić information content (AvgIpc) is 2.94. The summed E-state index contributed by atoms with van der Waals surface area (Å²) < 4.78 is 5.11. The van der Waals surface area contributed by atoms with Gasteiger partial charge in [0, 0.05) is 45.1 Å². The Labute approximate surface area is 128 Å². The zero-order valence-corrected chi connectivity index (χ0v) is 13.5. The van der Waals surface area contributed by atoms with Crippen molar-refractivity contribution in [3.8, 4) is 0 Å². The Morgan fingerprint density at radius 2 is 2.29 bits per heavy atom. The van der Waals surface area contributed by atoms with Gasteiger partial charge in [-0.15, -0.1) is 0 Å². The Balaban J connectivity index is 1.73. The minimum absolute atomic E-state index is 0.441. The summed E-state index contributed by atoms with van der Waals surface area (Å²) in [4.78, 5) is 11.1. The molecular formula is C16H28N4O. The van der Waals surface area contributed by atoms with E-state index in [-0.39, 0.29) is 0 Å².